The molecule has 1 atom stereocenters. The second-order valence-electron chi connectivity index (χ2n) is 5.59. The van der Waals surface area contributed by atoms with E-state index in [-0.39, 0.29) is 12.6 Å². The number of benzene rings is 1. The Morgan fingerprint density at radius 1 is 1.48 bits per heavy atom. The third-order valence-corrected chi connectivity index (χ3v) is 4.45. The number of urea groups is 1. The van der Waals surface area contributed by atoms with Crippen LogP contribution in [-0.4, -0.2) is 15.6 Å². The van der Waals surface area contributed by atoms with Crippen molar-refractivity contribution >= 4 is 18.2 Å². The van der Waals surface area contributed by atoms with Crippen LogP contribution in [-0.2, 0) is 19.4 Å². The van der Waals surface area contributed by atoms with E-state index >= 15 is 0 Å². The number of primary amides is 1. The molecule has 2 aromatic rings. The fraction of sp³-hybridized carbons (Fsp3) is 0.333. The molecule has 0 fully saturated rings. The number of aromatic nitrogens is 2. The lowest BCUT2D eigenvalue weighted by molar-refractivity contribution is 0.248. The number of nitrogens with zero attached hydrogens (tertiary/aromatic N) is 1. The maximum absolute atomic E-state index is 13.8. The van der Waals surface area contributed by atoms with Gasteiger partial charge in [0.15, 0.2) is 4.77 Å². The summed E-state index contributed by atoms with van der Waals surface area (Å²) in [7, 11) is 0. The van der Waals surface area contributed by atoms with Gasteiger partial charge in [-0.05, 0) is 48.7 Å². The minimum Gasteiger partial charge on any atom is -0.352 e. The summed E-state index contributed by atoms with van der Waals surface area (Å²) in [6, 6.07) is 1.65. The summed E-state index contributed by atoms with van der Waals surface area (Å²) in [4.78, 5) is 13.8. The molecule has 0 spiro atoms. The van der Waals surface area contributed by atoms with E-state index in [9.17, 15) is 13.6 Å². The summed E-state index contributed by atoms with van der Waals surface area (Å²) >= 11 is 5.30. The topological polar surface area (TPSA) is 75.8 Å². The first-order valence-electron chi connectivity index (χ1n) is 7.24. The van der Waals surface area contributed by atoms with Crippen molar-refractivity contribution in [1.29, 1.82) is 0 Å². The highest BCUT2D eigenvalue weighted by Gasteiger charge is 2.25. The molecule has 3 rings (SSSR count). The third-order valence-electron chi connectivity index (χ3n) is 4.14. The number of fused-ring (bicyclic) bond motifs is 1. The van der Waals surface area contributed by atoms with Crippen LogP contribution >= 0.6 is 12.2 Å². The smallest absolute Gasteiger partial charge is 0.312 e. The first kappa shape index (κ1) is 15.7. The second kappa shape index (κ2) is 6.11. The molecule has 5 nitrogen and oxygen atoms in total. The molecule has 4 N–H and O–H groups in total. The zero-order valence-electron chi connectivity index (χ0n) is 12.2. The Balaban J connectivity index is 1.90. The van der Waals surface area contributed by atoms with E-state index < -0.39 is 17.7 Å². The largest absolute Gasteiger partial charge is 0.352 e. The molecule has 8 heteroatoms. The monoisotopic (exact) mass is 338 g/mol. The zero-order valence-corrected chi connectivity index (χ0v) is 13.1. The maximum Gasteiger partial charge on any atom is 0.312 e. The zero-order chi connectivity index (χ0) is 16.6. The van der Waals surface area contributed by atoms with E-state index in [1.807, 2.05) is 4.57 Å². The Morgan fingerprint density at radius 2 is 2.26 bits per heavy atom. The number of aromatic amines is 1. The number of hydrogen-bond donors (Lipinski definition) is 3. The average molecular weight is 338 g/mol. The van der Waals surface area contributed by atoms with Crippen LogP contribution in [0.4, 0.5) is 13.6 Å². The Bertz CT molecular complexity index is 814. The van der Waals surface area contributed by atoms with Crippen LogP contribution in [0.15, 0.2) is 18.3 Å². The standard InChI is InChI=1S/C15H16F2N4OS/c16-9-3-8-4-10(1-2-12(8)13(17)5-9)21-11(6-19-14(18)22)7-20-15(21)23/h3,5,7,10H,1-2,4,6H2,(H,20,23)(H3,18,19,22)/t10-/m0/s1. The maximum atomic E-state index is 13.8. The summed E-state index contributed by atoms with van der Waals surface area (Å²) in [5, 5.41) is 2.52. The predicted molar refractivity (Wildman–Crippen MR) is 83.5 cm³/mol. The van der Waals surface area contributed by atoms with Gasteiger partial charge in [0.1, 0.15) is 11.6 Å². The highest BCUT2D eigenvalue weighted by atomic mass is 32.1. The molecule has 122 valence electrons. The molecule has 0 aliphatic heterocycles. The van der Waals surface area contributed by atoms with Gasteiger partial charge in [-0.1, -0.05) is 0 Å². The predicted octanol–water partition coefficient (Wildman–Crippen LogP) is 2.72. The molecular weight excluding hydrogens is 322 g/mol. The van der Waals surface area contributed by atoms with E-state index in [4.69, 9.17) is 18.0 Å². The van der Waals surface area contributed by atoms with Crippen molar-refractivity contribution in [2.45, 2.75) is 31.8 Å². The van der Waals surface area contributed by atoms with Gasteiger partial charge in [0.25, 0.3) is 0 Å². The quantitative estimate of drug-likeness (QED) is 0.753. The number of halogens is 2. The van der Waals surface area contributed by atoms with Crippen molar-refractivity contribution in [3.05, 3.63) is 51.6 Å². The van der Waals surface area contributed by atoms with Gasteiger partial charge in [0.2, 0.25) is 0 Å². The Morgan fingerprint density at radius 3 is 3.00 bits per heavy atom. The van der Waals surface area contributed by atoms with Gasteiger partial charge >= 0.3 is 6.03 Å². The summed E-state index contributed by atoms with van der Waals surface area (Å²) < 4.78 is 29.7. The van der Waals surface area contributed by atoms with E-state index in [2.05, 4.69) is 10.3 Å². The highest BCUT2D eigenvalue weighted by molar-refractivity contribution is 7.71. The van der Waals surface area contributed by atoms with Gasteiger partial charge < -0.3 is 20.6 Å². The number of amides is 2. The van der Waals surface area contributed by atoms with E-state index in [1.54, 1.807) is 6.20 Å². The van der Waals surface area contributed by atoms with Crippen LogP contribution < -0.4 is 11.1 Å². The van der Waals surface area contributed by atoms with Crippen molar-refractivity contribution in [3.8, 4) is 0 Å². The van der Waals surface area contributed by atoms with Crippen LogP contribution in [0.25, 0.3) is 0 Å². The molecule has 1 aromatic heterocycles. The number of nitrogens with one attached hydrogen (secondary N) is 2. The molecule has 1 aliphatic rings. The van der Waals surface area contributed by atoms with Gasteiger partial charge in [-0.3, -0.25) is 0 Å². The van der Waals surface area contributed by atoms with Crippen molar-refractivity contribution in [1.82, 2.24) is 14.9 Å². The molecular formula is C15H16F2N4OS. The Hall–Kier alpha value is -2.22. The summed E-state index contributed by atoms with van der Waals surface area (Å²) in [6.07, 6.45) is 3.40. The SMILES string of the molecule is NC(=O)NCc1c[nH]c(=S)n1[C@H]1CCc2c(F)cc(F)cc2C1. The number of carbonyl (C=O) groups excluding carboxylic acids is 1. The molecule has 0 unspecified atom stereocenters. The molecule has 0 radical (unpaired) electrons. The third kappa shape index (κ3) is 3.12. The number of H-pyrrole nitrogens is 1. The van der Waals surface area contributed by atoms with E-state index in [0.29, 0.717) is 35.2 Å². The Kier molecular flexibility index (Phi) is 4.16. The molecule has 1 aliphatic carbocycles. The normalized spacial score (nSPS) is 16.9. The van der Waals surface area contributed by atoms with Crippen LogP contribution in [0.5, 0.6) is 0 Å². The molecule has 23 heavy (non-hydrogen) atoms. The summed E-state index contributed by atoms with van der Waals surface area (Å²) in [5.41, 5.74) is 7.10. The fourth-order valence-corrected chi connectivity index (χ4v) is 3.46. The molecule has 1 heterocycles. The number of hydrogen-bond acceptors (Lipinski definition) is 2. The van der Waals surface area contributed by atoms with Crippen LogP contribution in [0, 0.1) is 16.4 Å². The van der Waals surface area contributed by atoms with Crippen molar-refractivity contribution in [3.63, 3.8) is 0 Å². The molecule has 0 saturated heterocycles. The molecule has 0 bridgehead atoms. The lowest BCUT2D eigenvalue weighted by Crippen LogP contribution is -2.30. The summed E-state index contributed by atoms with van der Waals surface area (Å²) in [6.45, 7) is 0.239. The Labute approximate surface area is 136 Å². The van der Waals surface area contributed by atoms with Gasteiger partial charge in [-0.25, -0.2) is 13.6 Å². The van der Waals surface area contributed by atoms with Gasteiger partial charge in [0, 0.05) is 18.3 Å². The highest BCUT2D eigenvalue weighted by Crippen LogP contribution is 2.32. The minimum absolute atomic E-state index is 0.0212. The van der Waals surface area contributed by atoms with Crippen LogP contribution in [0.3, 0.4) is 0 Å². The van der Waals surface area contributed by atoms with Crippen molar-refractivity contribution in [2.24, 2.45) is 5.73 Å². The van der Waals surface area contributed by atoms with E-state index in [1.165, 1.54) is 6.07 Å². The summed E-state index contributed by atoms with van der Waals surface area (Å²) in [5.74, 6) is -1.07. The number of rotatable bonds is 3. The number of nitrogens with two attached hydrogens (primary N) is 1. The van der Waals surface area contributed by atoms with Crippen LogP contribution in [0.1, 0.15) is 29.3 Å². The average Bonchev–Trinajstić information content (AvgIpc) is 2.85. The number of carbonyl (C=O) groups is 1. The second-order valence-corrected chi connectivity index (χ2v) is 5.98. The number of imidazole rings is 1. The lowest BCUT2D eigenvalue weighted by atomic mass is 9.87. The van der Waals surface area contributed by atoms with Gasteiger partial charge in [0.05, 0.1) is 12.2 Å². The molecule has 1 aromatic carbocycles. The van der Waals surface area contributed by atoms with Crippen LogP contribution in [0.2, 0.25) is 0 Å². The van der Waals surface area contributed by atoms with Gasteiger partial charge in [-0.2, -0.15) is 0 Å². The lowest BCUT2D eigenvalue weighted by Gasteiger charge is -2.27. The minimum atomic E-state index is -0.623. The van der Waals surface area contributed by atoms with Crippen molar-refractivity contribution in [2.75, 3.05) is 0 Å². The molecule has 2 amide bonds. The van der Waals surface area contributed by atoms with Crippen molar-refractivity contribution < 1.29 is 13.6 Å². The van der Waals surface area contributed by atoms with E-state index in [0.717, 1.165) is 11.8 Å². The first-order chi connectivity index (χ1) is 11.0. The van der Waals surface area contributed by atoms with Gasteiger partial charge in [-0.15, -0.1) is 0 Å². The first-order valence-corrected chi connectivity index (χ1v) is 7.65. The fourth-order valence-electron chi connectivity index (χ4n) is 3.13. The molecule has 0 saturated carbocycles.